The molecule has 9 heteroatoms. The monoisotopic (exact) mass is 336 g/mol. The lowest BCUT2D eigenvalue weighted by Gasteiger charge is -2.10. The lowest BCUT2D eigenvalue weighted by atomic mass is 10.1. The number of hydrogen-bond acceptors (Lipinski definition) is 7. The van der Waals surface area contributed by atoms with E-state index in [9.17, 15) is 24.5 Å². The highest BCUT2D eigenvalue weighted by atomic mass is 32.2. The number of esters is 1. The lowest BCUT2D eigenvalue weighted by Crippen LogP contribution is -2.34. The van der Waals surface area contributed by atoms with Gasteiger partial charge in [-0.25, -0.2) is 0 Å². The van der Waals surface area contributed by atoms with Crippen molar-refractivity contribution in [3.05, 3.63) is 44.8 Å². The van der Waals surface area contributed by atoms with Gasteiger partial charge in [0.15, 0.2) is 0 Å². The van der Waals surface area contributed by atoms with Crippen molar-refractivity contribution in [1.82, 2.24) is 4.90 Å². The predicted molar refractivity (Wildman–Crippen MR) is 82.4 cm³/mol. The molecule has 1 aromatic rings. The smallest absolute Gasteiger partial charge is 0.326 e. The number of nitro groups is 1. The van der Waals surface area contributed by atoms with E-state index in [1.807, 2.05) is 0 Å². The quantitative estimate of drug-likeness (QED) is 0.351. The van der Waals surface area contributed by atoms with E-state index in [0.717, 1.165) is 4.90 Å². The zero-order chi connectivity index (χ0) is 17.0. The van der Waals surface area contributed by atoms with Gasteiger partial charge in [-0.3, -0.25) is 29.4 Å². The number of hydrogen-bond donors (Lipinski definition) is 0. The summed E-state index contributed by atoms with van der Waals surface area (Å²) >= 11 is 0.625. The van der Waals surface area contributed by atoms with Gasteiger partial charge in [0.1, 0.15) is 6.54 Å². The van der Waals surface area contributed by atoms with Crippen molar-refractivity contribution in [2.45, 2.75) is 6.92 Å². The Bertz CT molecular complexity index is 715. The number of rotatable bonds is 5. The molecule has 0 aliphatic carbocycles. The Morgan fingerprint density at radius 2 is 2.09 bits per heavy atom. The number of nitrogens with zero attached hydrogens (tertiary/aromatic N) is 2. The van der Waals surface area contributed by atoms with Crippen molar-refractivity contribution in [1.29, 1.82) is 0 Å². The van der Waals surface area contributed by atoms with E-state index >= 15 is 0 Å². The molecule has 1 aliphatic heterocycles. The molecule has 0 saturated carbocycles. The van der Waals surface area contributed by atoms with Gasteiger partial charge < -0.3 is 4.74 Å². The van der Waals surface area contributed by atoms with Gasteiger partial charge in [-0.05, 0) is 30.8 Å². The van der Waals surface area contributed by atoms with E-state index in [1.54, 1.807) is 13.0 Å². The van der Waals surface area contributed by atoms with Gasteiger partial charge in [-0.2, -0.15) is 0 Å². The molecule has 23 heavy (non-hydrogen) atoms. The molecule has 1 aliphatic rings. The zero-order valence-corrected chi connectivity index (χ0v) is 12.9. The van der Waals surface area contributed by atoms with Crippen LogP contribution in [0.1, 0.15) is 12.5 Å². The van der Waals surface area contributed by atoms with Crippen molar-refractivity contribution in [3.8, 4) is 0 Å². The zero-order valence-electron chi connectivity index (χ0n) is 12.1. The number of para-hydroxylation sites is 1. The van der Waals surface area contributed by atoms with Gasteiger partial charge in [-0.1, -0.05) is 12.1 Å². The highest BCUT2D eigenvalue weighted by Crippen LogP contribution is 2.33. The lowest BCUT2D eigenvalue weighted by molar-refractivity contribution is -0.385. The molecule has 0 N–H and O–H groups in total. The third kappa shape index (κ3) is 3.75. The third-order valence-corrected chi connectivity index (χ3v) is 3.79. The second-order valence-electron chi connectivity index (χ2n) is 4.39. The standard InChI is InChI=1S/C14H12N2O6S/c1-2-22-12(17)8-15-13(18)11(23-14(15)19)7-9-5-3-4-6-10(9)16(20)21/h3-7H,2,8H2,1H3/b11-7-. The SMILES string of the molecule is CCOC(=O)CN1C(=O)S/C(=C\c2ccccc2[N+](=O)[O-])C1=O. The van der Waals surface area contributed by atoms with Crippen molar-refractivity contribution in [2.24, 2.45) is 0 Å². The Kier molecular flexibility index (Phi) is 5.12. The molecule has 8 nitrogen and oxygen atoms in total. The van der Waals surface area contributed by atoms with Crippen LogP contribution in [0, 0.1) is 10.1 Å². The molecule has 0 spiro atoms. The highest BCUT2D eigenvalue weighted by molar-refractivity contribution is 8.18. The molecule has 1 saturated heterocycles. The average molecular weight is 336 g/mol. The van der Waals surface area contributed by atoms with E-state index in [2.05, 4.69) is 0 Å². The van der Waals surface area contributed by atoms with Gasteiger partial charge in [0.25, 0.3) is 16.8 Å². The molecular formula is C14H12N2O6S. The first-order valence-corrected chi connectivity index (χ1v) is 7.40. The summed E-state index contributed by atoms with van der Waals surface area (Å²) in [6.45, 7) is 1.27. The first-order valence-electron chi connectivity index (χ1n) is 6.58. The fourth-order valence-electron chi connectivity index (χ4n) is 1.89. The first-order chi connectivity index (χ1) is 10.9. The Balaban J connectivity index is 2.26. The van der Waals surface area contributed by atoms with Crippen LogP contribution < -0.4 is 0 Å². The summed E-state index contributed by atoms with van der Waals surface area (Å²) in [5.41, 5.74) is 0.0313. The largest absolute Gasteiger partial charge is 0.465 e. The summed E-state index contributed by atoms with van der Waals surface area (Å²) in [6.07, 6.45) is 1.27. The first kappa shape index (κ1) is 16.7. The fraction of sp³-hybridized carbons (Fsp3) is 0.214. The molecule has 1 fully saturated rings. The van der Waals surface area contributed by atoms with E-state index in [0.29, 0.717) is 11.8 Å². The van der Waals surface area contributed by atoms with Crippen LogP contribution in [0.2, 0.25) is 0 Å². The number of ether oxygens (including phenoxy) is 1. The van der Waals surface area contributed by atoms with Crippen molar-refractivity contribution >= 4 is 40.6 Å². The topological polar surface area (TPSA) is 107 Å². The highest BCUT2D eigenvalue weighted by Gasteiger charge is 2.37. The number of benzene rings is 1. The molecule has 0 unspecified atom stereocenters. The fourth-order valence-corrected chi connectivity index (χ4v) is 2.72. The summed E-state index contributed by atoms with van der Waals surface area (Å²) in [5.74, 6) is -1.37. The average Bonchev–Trinajstić information content (AvgIpc) is 2.75. The molecule has 0 aromatic heterocycles. The van der Waals surface area contributed by atoms with Gasteiger partial charge in [0.2, 0.25) is 0 Å². The Morgan fingerprint density at radius 3 is 2.74 bits per heavy atom. The van der Waals surface area contributed by atoms with Crippen LogP contribution in [0.4, 0.5) is 10.5 Å². The van der Waals surface area contributed by atoms with E-state index in [1.165, 1.54) is 24.3 Å². The van der Waals surface area contributed by atoms with E-state index < -0.39 is 28.6 Å². The minimum Gasteiger partial charge on any atom is -0.465 e. The second-order valence-corrected chi connectivity index (χ2v) is 5.38. The summed E-state index contributed by atoms with van der Waals surface area (Å²) in [5, 5.41) is 10.4. The van der Waals surface area contributed by atoms with Crippen molar-refractivity contribution in [2.75, 3.05) is 13.2 Å². The third-order valence-electron chi connectivity index (χ3n) is 2.89. The number of carbonyl (C=O) groups is 3. The molecule has 0 atom stereocenters. The van der Waals surface area contributed by atoms with Crippen LogP contribution in [0.15, 0.2) is 29.2 Å². The van der Waals surface area contributed by atoms with Gasteiger partial charge in [0.05, 0.1) is 22.0 Å². The summed E-state index contributed by atoms with van der Waals surface area (Å²) in [6, 6.07) is 5.86. The Hall–Kier alpha value is -2.68. The van der Waals surface area contributed by atoms with Gasteiger partial charge in [0, 0.05) is 6.07 Å². The Labute approximate surface area is 135 Å². The number of imide groups is 1. The minimum absolute atomic E-state index is 0.0219. The molecular weight excluding hydrogens is 324 g/mol. The molecule has 2 amide bonds. The summed E-state index contributed by atoms with van der Waals surface area (Å²) in [4.78, 5) is 46.6. The van der Waals surface area contributed by atoms with Crippen LogP contribution in [0.5, 0.6) is 0 Å². The van der Waals surface area contributed by atoms with Gasteiger partial charge >= 0.3 is 5.97 Å². The predicted octanol–water partition coefficient (Wildman–Crippen LogP) is 2.19. The number of thioether (sulfide) groups is 1. The Morgan fingerprint density at radius 1 is 1.39 bits per heavy atom. The van der Waals surface area contributed by atoms with E-state index in [-0.39, 0.29) is 22.8 Å². The molecule has 1 aromatic carbocycles. The number of carbonyl (C=O) groups excluding carboxylic acids is 3. The molecule has 2 rings (SSSR count). The normalized spacial score (nSPS) is 16.0. The molecule has 0 radical (unpaired) electrons. The minimum atomic E-state index is -0.693. The summed E-state index contributed by atoms with van der Waals surface area (Å²) < 4.78 is 4.70. The molecule has 0 bridgehead atoms. The maximum atomic E-state index is 12.2. The maximum Gasteiger partial charge on any atom is 0.326 e. The van der Waals surface area contributed by atoms with Crippen LogP contribution in [0.25, 0.3) is 6.08 Å². The number of amides is 2. The van der Waals surface area contributed by atoms with Crippen molar-refractivity contribution in [3.63, 3.8) is 0 Å². The van der Waals surface area contributed by atoms with Crippen LogP contribution in [-0.2, 0) is 14.3 Å². The number of nitro benzene ring substituents is 1. The van der Waals surface area contributed by atoms with Crippen LogP contribution >= 0.6 is 11.8 Å². The van der Waals surface area contributed by atoms with Crippen LogP contribution in [-0.4, -0.2) is 40.1 Å². The van der Waals surface area contributed by atoms with Crippen LogP contribution in [0.3, 0.4) is 0 Å². The maximum absolute atomic E-state index is 12.2. The van der Waals surface area contributed by atoms with Crippen molar-refractivity contribution < 1.29 is 24.0 Å². The summed E-state index contributed by atoms with van der Waals surface area (Å²) in [7, 11) is 0. The second kappa shape index (κ2) is 7.05. The van der Waals surface area contributed by atoms with E-state index in [4.69, 9.17) is 4.74 Å². The molecule has 1 heterocycles. The molecule has 120 valence electrons. The van der Waals surface area contributed by atoms with Gasteiger partial charge in [-0.15, -0.1) is 0 Å².